The minimum atomic E-state index is -0.936. The lowest BCUT2D eigenvalue weighted by Crippen LogP contribution is -2.13. The summed E-state index contributed by atoms with van der Waals surface area (Å²) in [4.78, 5) is 7.83. The fourth-order valence-corrected chi connectivity index (χ4v) is 2.80. The SMILES string of the molecule is COc1cc(F)c(F)c2c1cc(C)n2CCNc1cc(Cl)ncn1. The molecule has 1 aromatic carbocycles. The summed E-state index contributed by atoms with van der Waals surface area (Å²) in [6.07, 6.45) is 1.35. The number of hydrogen-bond donors (Lipinski definition) is 1. The topological polar surface area (TPSA) is 52.0 Å². The number of methoxy groups -OCH3 is 1. The molecule has 24 heavy (non-hydrogen) atoms. The van der Waals surface area contributed by atoms with Crippen molar-refractivity contribution in [1.82, 2.24) is 14.5 Å². The largest absolute Gasteiger partial charge is 0.496 e. The molecule has 0 aliphatic carbocycles. The van der Waals surface area contributed by atoms with E-state index >= 15 is 0 Å². The van der Waals surface area contributed by atoms with Crippen LogP contribution in [-0.4, -0.2) is 28.2 Å². The predicted molar refractivity (Wildman–Crippen MR) is 88.7 cm³/mol. The van der Waals surface area contributed by atoms with Crippen LogP contribution in [0.1, 0.15) is 5.69 Å². The van der Waals surface area contributed by atoms with E-state index in [-0.39, 0.29) is 5.52 Å². The molecule has 126 valence electrons. The molecular weight excluding hydrogens is 338 g/mol. The van der Waals surface area contributed by atoms with Gasteiger partial charge in [-0.25, -0.2) is 18.7 Å². The molecule has 8 heteroatoms. The third kappa shape index (κ3) is 2.99. The second-order valence-corrected chi connectivity index (χ2v) is 5.61. The molecule has 0 unspecified atom stereocenters. The number of rotatable bonds is 5. The van der Waals surface area contributed by atoms with Crippen molar-refractivity contribution in [2.24, 2.45) is 0 Å². The lowest BCUT2D eigenvalue weighted by molar-refractivity contribution is 0.412. The maximum Gasteiger partial charge on any atom is 0.183 e. The summed E-state index contributed by atoms with van der Waals surface area (Å²) in [6, 6.07) is 4.42. The maximum absolute atomic E-state index is 14.3. The first-order valence-corrected chi connectivity index (χ1v) is 7.62. The van der Waals surface area contributed by atoms with Crippen LogP contribution in [0.4, 0.5) is 14.6 Å². The Balaban J connectivity index is 1.89. The molecule has 3 rings (SSSR count). The zero-order valence-electron chi connectivity index (χ0n) is 13.1. The van der Waals surface area contributed by atoms with E-state index in [0.717, 1.165) is 11.8 Å². The molecule has 1 N–H and O–H groups in total. The fourth-order valence-electron chi connectivity index (χ4n) is 2.65. The second kappa shape index (κ2) is 6.60. The van der Waals surface area contributed by atoms with Crippen LogP contribution >= 0.6 is 11.6 Å². The van der Waals surface area contributed by atoms with Crippen LogP contribution in [-0.2, 0) is 6.54 Å². The molecule has 0 atom stereocenters. The van der Waals surface area contributed by atoms with Crippen molar-refractivity contribution in [2.75, 3.05) is 19.0 Å². The van der Waals surface area contributed by atoms with Crippen LogP contribution in [0.2, 0.25) is 5.15 Å². The number of halogens is 3. The van der Waals surface area contributed by atoms with Crippen LogP contribution in [0.25, 0.3) is 10.9 Å². The number of ether oxygens (including phenoxy) is 1. The van der Waals surface area contributed by atoms with E-state index in [0.29, 0.717) is 35.2 Å². The van der Waals surface area contributed by atoms with Gasteiger partial charge < -0.3 is 14.6 Å². The van der Waals surface area contributed by atoms with Gasteiger partial charge in [-0.05, 0) is 13.0 Å². The Morgan fingerprint density at radius 3 is 2.75 bits per heavy atom. The molecule has 2 aromatic heterocycles. The van der Waals surface area contributed by atoms with E-state index in [9.17, 15) is 8.78 Å². The highest BCUT2D eigenvalue weighted by atomic mass is 35.5. The Morgan fingerprint density at radius 1 is 1.25 bits per heavy atom. The average Bonchev–Trinajstić information content (AvgIpc) is 2.88. The van der Waals surface area contributed by atoms with Gasteiger partial charge in [0.15, 0.2) is 11.6 Å². The molecule has 3 aromatic rings. The summed E-state index contributed by atoms with van der Waals surface area (Å²) in [5.74, 6) is -0.951. The van der Waals surface area contributed by atoms with Crippen molar-refractivity contribution >= 4 is 28.3 Å². The first-order valence-electron chi connectivity index (χ1n) is 7.24. The van der Waals surface area contributed by atoms with Crippen molar-refractivity contribution in [3.8, 4) is 5.75 Å². The van der Waals surface area contributed by atoms with Crippen LogP contribution in [0.15, 0.2) is 24.5 Å². The molecule has 0 aliphatic heterocycles. The quantitative estimate of drug-likeness (QED) is 0.710. The van der Waals surface area contributed by atoms with Gasteiger partial charge in [0.05, 0.1) is 12.6 Å². The summed E-state index contributed by atoms with van der Waals surface area (Å²) in [5.41, 5.74) is 0.988. The van der Waals surface area contributed by atoms with E-state index in [1.807, 2.05) is 6.92 Å². The van der Waals surface area contributed by atoms with E-state index in [4.69, 9.17) is 16.3 Å². The van der Waals surface area contributed by atoms with Crippen LogP contribution in [0, 0.1) is 18.6 Å². The number of anilines is 1. The summed E-state index contributed by atoms with van der Waals surface area (Å²) >= 11 is 5.80. The summed E-state index contributed by atoms with van der Waals surface area (Å²) in [5, 5.41) is 3.94. The van der Waals surface area contributed by atoms with Crippen molar-refractivity contribution in [3.05, 3.63) is 47.0 Å². The summed E-state index contributed by atoms with van der Waals surface area (Å²) in [6.45, 7) is 2.70. The Hall–Kier alpha value is -2.41. The smallest absolute Gasteiger partial charge is 0.183 e. The molecule has 0 spiro atoms. The Labute approximate surface area is 142 Å². The Bertz CT molecular complexity index is 897. The number of aromatic nitrogens is 3. The van der Waals surface area contributed by atoms with Gasteiger partial charge in [0.2, 0.25) is 0 Å². The first-order chi connectivity index (χ1) is 11.5. The highest BCUT2D eigenvalue weighted by Gasteiger charge is 2.18. The minimum Gasteiger partial charge on any atom is -0.496 e. The Kier molecular flexibility index (Phi) is 4.53. The average molecular weight is 353 g/mol. The van der Waals surface area contributed by atoms with Gasteiger partial charge >= 0.3 is 0 Å². The molecule has 0 aliphatic rings. The van der Waals surface area contributed by atoms with Gasteiger partial charge in [0.25, 0.3) is 0 Å². The van der Waals surface area contributed by atoms with E-state index in [1.165, 1.54) is 13.4 Å². The van der Waals surface area contributed by atoms with E-state index < -0.39 is 11.6 Å². The molecule has 0 fully saturated rings. The lowest BCUT2D eigenvalue weighted by atomic mass is 10.2. The van der Waals surface area contributed by atoms with Crippen molar-refractivity contribution in [3.63, 3.8) is 0 Å². The third-order valence-corrected chi connectivity index (χ3v) is 3.95. The van der Waals surface area contributed by atoms with Crippen LogP contribution < -0.4 is 10.1 Å². The highest BCUT2D eigenvalue weighted by Crippen LogP contribution is 2.32. The normalized spacial score (nSPS) is 11.0. The van der Waals surface area contributed by atoms with Crippen molar-refractivity contribution in [2.45, 2.75) is 13.5 Å². The molecule has 0 bridgehead atoms. The summed E-state index contributed by atoms with van der Waals surface area (Å²) < 4.78 is 34.9. The molecule has 2 heterocycles. The molecule has 0 saturated carbocycles. The number of hydrogen-bond acceptors (Lipinski definition) is 4. The number of nitrogens with zero attached hydrogens (tertiary/aromatic N) is 3. The minimum absolute atomic E-state index is 0.187. The van der Waals surface area contributed by atoms with Gasteiger partial charge in [-0.3, -0.25) is 0 Å². The molecule has 0 radical (unpaired) electrons. The molecule has 0 saturated heterocycles. The second-order valence-electron chi connectivity index (χ2n) is 5.23. The number of aryl methyl sites for hydroxylation is 1. The van der Waals surface area contributed by atoms with Crippen molar-refractivity contribution < 1.29 is 13.5 Å². The van der Waals surface area contributed by atoms with Gasteiger partial charge in [-0.2, -0.15) is 0 Å². The Morgan fingerprint density at radius 2 is 2.04 bits per heavy atom. The van der Waals surface area contributed by atoms with Gasteiger partial charge in [0.1, 0.15) is 23.0 Å². The zero-order chi connectivity index (χ0) is 17.3. The third-order valence-electron chi connectivity index (χ3n) is 3.74. The van der Waals surface area contributed by atoms with Crippen LogP contribution in [0.3, 0.4) is 0 Å². The van der Waals surface area contributed by atoms with Gasteiger partial charge in [0, 0.05) is 36.3 Å². The lowest BCUT2D eigenvalue weighted by Gasteiger charge is -2.11. The van der Waals surface area contributed by atoms with Gasteiger partial charge in [-0.15, -0.1) is 0 Å². The molecule has 0 amide bonds. The van der Waals surface area contributed by atoms with E-state index in [2.05, 4.69) is 15.3 Å². The fraction of sp³-hybridized carbons (Fsp3) is 0.250. The number of nitrogens with one attached hydrogen (secondary N) is 1. The monoisotopic (exact) mass is 352 g/mol. The van der Waals surface area contributed by atoms with E-state index in [1.54, 1.807) is 16.7 Å². The molecule has 5 nitrogen and oxygen atoms in total. The summed E-state index contributed by atoms with van der Waals surface area (Å²) in [7, 11) is 1.43. The standard InChI is InChI=1S/C16H15ClF2N4O/c1-9-5-10-12(24-2)6-11(18)15(19)16(10)23(9)4-3-20-14-7-13(17)21-8-22-14/h5-8H,3-4H2,1-2H3,(H,20,21,22). The number of benzene rings is 1. The van der Waals surface area contributed by atoms with Gasteiger partial charge in [-0.1, -0.05) is 11.6 Å². The van der Waals surface area contributed by atoms with Crippen LogP contribution in [0.5, 0.6) is 5.75 Å². The number of fused-ring (bicyclic) bond motifs is 1. The highest BCUT2D eigenvalue weighted by molar-refractivity contribution is 6.29. The predicted octanol–water partition coefficient (Wildman–Crippen LogP) is 3.79. The zero-order valence-corrected chi connectivity index (χ0v) is 13.9. The maximum atomic E-state index is 14.3. The van der Waals surface area contributed by atoms with Crippen molar-refractivity contribution in [1.29, 1.82) is 0 Å². The molecular formula is C16H15ClF2N4O. The first kappa shape index (κ1) is 16.4.